The van der Waals surface area contributed by atoms with Crippen molar-refractivity contribution in [2.45, 2.75) is 18.7 Å². The molecule has 0 atom stereocenters. The first-order valence-corrected chi connectivity index (χ1v) is 9.03. The van der Waals surface area contributed by atoms with Crippen molar-refractivity contribution in [3.63, 3.8) is 0 Å². The van der Waals surface area contributed by atoms with Crippen molar-refractivity contribution in [3.05, 3.63) is 47.5 Å². The summed E-state index contributed by atoms with van der Waals surface area (Å²) in [5, 5.41) is 0. The molecule has 1 aliphatic heterocycles. The monoisotopic (exact) mass is 349 g/mol. The highest BCUT2D eigenvalue weighted by atomic mass is 32.2. The molecule has 0 fully saturated rings. The van der Waals surface area contributed by atoms with Crippen LogP contribution in [0.4, 0.5) is 0 Å². The normalized spacial score (nSPS) is 13.1. The van der Waals surface area contributed by atoms with Crippen LogP contribution in [0.15, 0.2) is 41.3 Å². The van der Waals surface area contributed by atoms with Gasteiger partial charge in [0.1, 0.15) is 12.4 Å². The third kappa shape index (κ3) is 3.63. The highest BCUT2D eigenvalue weighted by Crippen LogP contribution is 2.33. The number of benzene rings is 2. The van der Waals surface area contributed by atoms with Gasteiger partial charge in [-0.3, -0.25) is 0 Å². The van der Waals surface area contributed by atoms with Crippen LogP contribution in [-0.4, -0.2) is 28.4 Å². The average Bonchev–Trinajstić information content (AvgIpc) is 3.00. The lowest BCUT2D eigenvalue weighted by Gasteiger charge is -2.11. The molecular weight excluding hydrogens is 330 g/mol. The molecule has 0 aromatic heterocycles. The van der Waals surface area contributed by atoms with Gasteiger partial charge in [-0.1, -0.05) is 17.7 Å². The van der Waals surface area contributed by atoms with E-state index in [1.54, 1.807) is 6.07 Å². The lowest BCUT2D eigenvalue weighted by molar-refractivity contribution is 0.174. The molecule has 0 saturated heterocycles. The molecule has 7 heteroatoms. The van der Waals surface area contributed by atoms with E-state index in [1.807, 2.05) is 32.0 Å². The molecule has 0 spiro atoms. The number of hydrogen-bond donors (Lipinski definition) is 1. The molecule has 0 radical (unpaired) electrons. The minimum Gasteiger partial charge on any atom is -0.492 e. The van der Waals surface area contributed by atoms with Crippen molar-refractivity contribution in [3.8, 4) is 17.2 Å². The van der Waals surface area contributed by atoms with Crippen molar-refractivity contribution in [2.24, 2.45) is 0 Å². The van der Waals surface area contributed by atoms with Gasteiger partial charge in [0.15, 0.2) is 11.5 Å². The Bertz CT molecular complexity index is 848. The van der Waals surface area contributed by atoms with Gasteiger partial charge in [0.25, 0.3) is 0 Å². The second-order valence-electron chi connectivity index (χ2n) is 5.53. The van der Waals surface area contributed by atoms with Crippen molar-refractivity contribution < 1.29 is 22.6 Å². The molecule has 1 aliphatic rings. The maximum atomic E-state index is 12.3. The lowest BCUT2D eigenvalue weighted by Crippen LogP contribution is -2.28. The summed E-state index contributed by atoms with van der Waals surface area (Å²) >= 11 is 0. The van der Waals surface area contributed by atoms with Crippen LogP contribution in [0.1, 0.15) is 11.1 Å². The molecule has 1 heterocycles. The fourth-order valence-corrected chi connectivity index (χ4v) is 3.45. The third-order valence-corrected chi connectivity index (χ3v) is 5.10. The quantitative estimate of drug-likeness (QED) is 0.811. The summed E-state index contributed by atoms with van der Waals surface area (Å²) in [6.07, 6.45) is 0. The van der Waals surface area contributed by atoms with E-state index in [1.165, 1.54) is 12.1 Å². The van der Waals surface area contributed by atoms with Gasteiger partial charge in [-0.15, -0.1) is 0 Å². The number of aryl methyl sites for hydroxylation is 2. The van der Waals surface area contributed by atoms with E-state index in [0.29, 0.717) is 11.5 Å². The number of ether oxygens (including phenoxy) is 3. The number of rotatable bonds is 6. The van der Waals surface area contributed by atoms with Crippen LogP contribution in [0.2, 0.25) is 0 Å². The highest BCUT2D eigenvalue weighted by molar-refractivity contribution is 7.89. The molecule has 6 nitrogen and oxygen atoms in total. The molecule has 24 heavy (non-hydrogen) atoms. The van der Waals surface area contributed by atoms with Crippen molar-refractivity contribution in [1.29, 1.82) is 0 Å². The number of sulfonamides is 1. The van der Waals surface area contributed by atoms with Crippen molar-refractivity contribution in [2.75, 3.05) is 19.9 Å². The highest BCUT2D eigenvalue weighted by Gasteiger charge is 2.19. The summed E-state index contributed by atoms with van der Waals surface area (Å²) in [4.78, 5) is 0.137. The maximum Gasteiger partial charge on any atom is 0.240 e. The van der Waals surface area contributed by atoms with Crippen LogP contribution in [0.3, 0.4) is 0 Å². The fraction of sp³-hybridized carbons (Fsp3) is 0.294. The molecule has 0 amide bonds. The largest absolute Gasteiger partial charge is 0.492 e. The van der Waals surface area contributed by atoms with E-state index in [-0.39, 0.29) is 24.8 Å². The Morgan fingerprint density at radius 3 is 2.67 bits per heavy atom. The van der Waals surface area contributed by atoms with Gasteiger partial charge < -0.3 is 14.2 Å². The van der Waals surface area contributed by atoms with Gasteiger partial charge in [-0.25, -0.2) is 13.1 Å². The molecule has 2 aromatic rings. The molecule has 0 aliphatic carbocycles. The topological polar surface area (TPSA) is 73.9 Å². The molecule has 2 aromatic carbocycles. The van der Waals surface area contributed by atoms with E-state index >= 15 is 0 Å². The standard InChI is InChI=1S/C17H19NO5S/c1-12-3-5-15(13(2)9-12)21-8-7-18-24(19,20)14-4-6-16-17(10-14)23-11-22-16/h3-6,9-10,18H,7-8,11H2,1-2H3. The van der Waals surface area contributed by atoms with Gasteiger partial charge in [-0.2, -0.15) is 0 Å². The molecule has 128 valence electrons. The van der Waals surface area contributed by atoms with Crippen molar-refractivity contribution in [1.82, 2.24) is 4.72 Å². The first-order chi connectivity index (χ1) is 11.5. The smallest absolute Gasteiger partial charge is 0.240 e. The predicted octanol–water partition coefficient (Wildman–Crippen LogP) is 2.39. The maximum absolute atomic E-state index is 12.3. The summed E-state index contributed by atoms with van der Waals surface area (Å²) in [6, 6.07) is 10.4. The molecule has 0 bridgehead atoms. The predicted molar refractivity (Wildman–Crippen MR) is 89.2 cm³/mol. The van der Waals surface area contributed by atoms with Gasteiger partial charge in [0.2, 0.25) is 16.8 Å². The summed E-state index contributed by atoms with van der Waals surface area (Å²) in [5.74, 6) is 1.74. The van der Waals surface area contributed by atoms with Crippen LogP contribution in [0.25, 0.3) is 0 Å². The van der Waals surface area contributed by atoms with Gasteiger partial charge in [-0.05, 0) is 37.6 Å². The molecular formula is C17H19NO5S. The Balaban J connectivity index is 1.57. The summed E-state index contributed by atoms with van der Waals surface area (Å²) in [6.45, 7) is 4.49. The number of hydrogen-bond acceptors (Lipinski definition) is 5. The zero-order valence-electron chi connectivity index (χ0n) is 13.5. The zero-order valence-corrected chi connectivity index (χ0v) is 14.4. The summed E-state index contributed by atoms with van der Waals surface area (Å²) in [7, 11) is -3.62. The van der Waals surface area contributed by atoms with Crippen LogP contribution < -0.4 is 18.9 Å². The minimum absolute atomic E-state index is 0.107. The van der Waals surface area contributed by atoms with Gasteiger partial charge >= 0.3 is 0 Å². The van der Waals surface area contributed by atoms with Crippen LogP contribution in [0.5, 0.6) is 17.2 Å². The van der Waals surface area contributed by atoms with Crippen molar-refractivity contribution >= 4 is 10.0 Å². The second kappa shape index (κ2) is 6.70. The molecule has 3 rings (SSSR count). The van der Waals surface area contributed by atoms with Gasteiger partial charge in [0.05, 0.1) is 4.90 Å². The van der Waals surface area contributed by atoms with E-state index in [2.05, 4.69) is 4.72 Å². The lowest BCUT2D eigenvalue weighted by atomic mass is 10.1. The van der Waals surface area contributed by atoms with E-state index < -0.39 is 10.0 Å². The minimum atomic E-state index is -3.62. The van der Waals surface area contributed by atoms with Gasteiger partial charge in [0, 0.05) is 12.6 Å². The zero-order chi connectivity index (χ0) is 17.2. The summed E-state index contributed by atoms with van der Waals surface area (Å²) < 4.78 is 43.1. The Morgan fingerprint density at radius 2 is 1.88 bits per heavy atom. The molecule has 0 saturated carbocycles. The first kappa shape index (κ1) is 16.6. The third-order valence-electron chi connectivity index (χ3n) is 3.64. The molecule has 1 N–H and O–H groups in total. The van der Waals surface area contributed by atoms with E-state index in [9.17, 15) is 8.42 Å². The Labute approximate surface area is 141 Å². The summed E-state index contributed by atoms with van der Waals surface area (Å²) in [5.41, 5.74) is 2.18. The van der Waals surface area contributed by atoms with Crippen LogP contribution in [-0.2, 0) is 10.0 Å². The SMILES string of the molecule is Cc1ccc(OCCNS(=O)(=O)c2ccc3c(c2)OCO3)c(C)c1. The number of nitrogens with one attached hydrogen (secondary N) is 1. The van der Waals surface area contributed by atoms with E-state index in [4.69, 9.17) is 14.2 Å². The average molecular weight is 349 g/mol. The van der Waals surface area contributed by atoms with E-state index in [0.717, 1.165) is 16.9 Å². The van der Waals surface area contributed by atoms with Crippen LogP contribution in [0, 0.1) is 13.8 Å². The first-order valence-electron chi connectivity index (χ1n) is 7.55. The second-order valence-corrected chi connectivity index (χ2v) is 7.30. The molecule has 0 unspecified atom stereocenters. The number of fused-ring (bicyclic) bond motifs is 1. The fourth-order valence-electron chi connectivity index (χ4n) is 2.43. The Morgan fingerprint density at radius 1 is 1.08 bits per heavy atom. The Hall–Kier alpha value is -2.25. The Kier molecular flexibility index (Phi) is 4.64. The van der Waals surface area contributed by atoms with Crippen LogP contribution >= 0.6 is 0 Å².